The van der Waals surface area contributed by atoms with Gasteiger partial charge in [-0.25, -0.2) is 4.98 Å². The summed E-state index contributed by atoms with van der Waals surface area (Å²) in [6.07, 6.45) is 0.0284. The molecule has 5 rings (SSSR count). The summed E-state index contributed by atoms with van der Waals surface area (Å²) in [5.41, 5.74) is 5.51. The number of fused-ring (bicyclic) bond motifs is 1. The maximum atomic E-state index is 13.9. The van der Waals surface area contributed by atoms with Crippen molar-refractivity contribution in [3.8, 4) is 11.3 Å². The van der Waals surface area contributed by atoms with E-state index >= 15 is 0 Å². The van der Waals surface area contributed by atoms with Crippen LogP contribution in [0.4, 0.5) is 24.7 Å². The third-order valence-electron chi connectivity index (χ3n) is 5.59. The van der Waals surface area contributed by atoms with E-state index in [0.717, 1.165) is 49.8 Å². The molecule has 1 aliphatic heterocycles. The van der Waals surface area contributed by atoms with Crippen molar-refractivity contribution in [2.75, 3.05) is 29.1 Å². The van der Waals surface area contributed by atoms with Crippen LogP contribution in [-0.4, -0.2) is 29.3 Å². The molecule has 1 fully saturated rings. The van der Waals surface area contributed by atoms with Gasteiger partial charge in [-0.15, -0.1) is 11.3 Å². The number of aromatic nitrogens is 3. The van der Waals surface area contributed by atoms with Crippen LogP contribution in [0.1, 0.15) is 34.5 Å². The number of carbonyl (C=O) groups is 1. The zero-order chi connectivity index (χ0) is 23.9. The van der Waals surface area contributed by atoms with Crippen LogP contribution in [0.25, 0.3) is 21.5 Å². The predicted octanol–water partition coefficient (Wildman–Crippen LogP) is 4.21. The second-order valence-electron chi connectivity index (χ2n) is 7.90. The number of nitrogens with two attached hydrogens (primary N) is 1. The minimum atomic E-state index is -4.68. The standard InChI is InChI=1S/C22H19F3N6O2S/c23-22(24,25)14-11-15(13-7-3-1-4-8-13)27-21-17(14)18(26)19(34-21)20(32)28-16-12-31(29-33-16)30-9-5-2-6-10-30/h1,3-4,7-8,11-12H,2,5-6,9-10H2,(H2-,26,28,29,32)/p+1. The molecule has 1 aliphatic rings. The summed E-state index contributed by atoms with van der Waals surface area (Å²) in [6.45, 7) is 1.62. The average molecular weight is 490 g/mol. The Bertz CT molecular complexity index is 1350. The second-order valence-corrected chi connectivity index (χ2v) is 8.90. The number of anilines is 2. The molecule has 3 N–H and O–H groups in total. The Balaban J connectivity index is 1.49. The minimum Gasteiger partial charge on any atom is -0.397 e. The van der Waals surface area contributed by atoms with Gasteiger partial charge >= 0.3 is 12.1 Å². The summed E-state index contributed by atoms with van der Waals surface area (Å²) in [4.78, 5) is 18.7. The molecule has 0 unspecified atom stereocenters. The fourth-order valence-electron chi connectivity index (χ4n) is 3.95. The lowest BCUT2D eigenvalue weighted by Crippen LogP contribution is -2.60. The molecule has 4 aromatic rings. The maximum absolute atomic E-state index is 13.9. The van der Waals surface area contributed by atoms with Crippen molar-refractivity contribution in [3.05, 3.63) is 53.0 Å². The number of nitrogens with zero attached hydrogens (tertiary/aromatic N) is 4. The highest BCUT2D eigenvalue weighted by atomic mass is 32.1. The Hall–Kier alpha value is -3.67. The number of pyridine rings is 1. The van der Waals surface area contributed by atoms with Crippen molar-refractivity contribution >= 4 is 39.0 Å². The molecule has 0 bridgehead atoms. The van der Waals surface area contributed by atoms with Gasteiger partial charge in [0.2, 0.25) is 5.27 Å². The number of amides is 1. The highest BCUT2D eigenvalue weighted by molar-refractivity contribution is 7.21. The summed E-state index contributed by atoms with van der Waals surface area (Å²) >= 11 is 0.798. The first-order chi connectivity index (χ1) is 16.3. The zero-order valence-corrected chi connectivity index (χ0v) is 18.6. The van der Waals surface area contributed by atoms with Crippen LogP contribution in [0.2, 0.25) is 0 Å². The molecule has 4 heterocycles. The van der Waals surface area contributed by atoms with E-state index in [1.165, 1.54) is 11.0 Å². The quantitative estimate of drug-likeness (QED) is 0.417. The largest absolute Gasteiger partial charge is 0.417 e. The molecule has 0 aliphatic carbocycles. The number of alkyl halides is 3. The number of carbonyl (C=O) groups excluding carboxylic acids is 1. The molecule has 0 atom stereocenters. The van der Waals surface area contributed by atoms with Crippen molar-refractivity contribution in [1.82, 2.24) is 10.3 Å². The number of hydrogen-bond acceptors (Lipinski definition) is 7. The first-order valence-corrected chi connectivity index (χ1v) is 11.4. The van der Waals surface area contributed by atoms with Gasteiger partial charge < -0.3 is 5.73 Å². The summed E-state index contributed by atoms with van der Waals surface area (Å²) in [5.74, 6) is -0.641. The molecular formula is C22H20F3N6O2S+. The van der Waals surface area contributed by atoms with Gasteiger partial charge in [0.05, 0.1) is 34.8 Å². The van der Waals surface area contributed by atoms with Crippen molar-refractivity contribution in [2.24, 2.45) is 0 Å². The average Bonchev–Trinajstić information content (AvgIpc) is 3.43. The van der Waals surface area contributed by atoms with Crippen LogP contribution < -0.4 is 20.9 Å². The number of thiophene rings is 1. The van der Waals surface area contributed by atoms with Crippen LogP contribution in [0.3, 0.4) is 0 Å². The summed E-state index contributed by atoms with van der Waals surface area (Å²) in [7, 11) is 0. The van der Waals surface area contributed by atoms with Gasteiger partial charge in [0, 0.05) is 10.9 Å². The van der Waals surface area contributed by atoms with Crippen LogP contribution >= 0.6 is 11.3 Å². The molecule has 0 saturated carbocycles. The van der Waals surface area contributed by atoms with Crippen molar-refractivity contribution in [1.29, 1.82) is 0 Å². The van der Waals surface area contributed by atoms with Crippen LogP contribution in [-0.2, 0) is 6.18 Å². The van der Waals surface area contributed by atoms with Gasteiger partial charge in [-0.3, -0.25) is 14.6 Å². The number of halogens is 3. The van der Waals surface area contributed by atoms with E-state index in [4.69, 9.17) is 10.3 Å². The summed E-state index contributed by atoms with van der Waals surface area (Å²) in [5, 5.41) is 8.12. The van der Waals surface area contributed by atoms with Crippen molar-refractivity contribution in [2.45, 2.75) is 25.4 Å². The molecule has 176 valence electrons. The van der Waals surface area contributed by atoms with E-state index in [1.807, 2.05) is 5.01 Å². The number of rotatable bonds is 4. The number of piperidine rings is 1. The van der Waals surface area contributed by atoms with Gasteiger partial charge in [0.1, 0.15) is 9.71 Å². The number of nitrogen functional groups attached to an aromatic ring is 1. The number of benzene rings is 1. The number of hydrogen-bond donors (Lipinski definition) is 2. The van der Waals surface area contributed by atoms with Gasteiger partial charge in [0.15, 0.2) is 0 Å². The lowest BCUT2D eigenvalue weighted by molar-refractivity contribution is -0.759. The second kappa shape index (κ2) is 8.60. The van der Waals surface area contributed by atoms with E-state index in [-0.39, 0.29) is 32.4 Å². The summed E-state index contributed by atoms with van der Waals surface area (Å²) < 4.78 is 46.9. The van der Waals surface area contributed by atoms with E-state index in [1.54, 1.807) is 30.3 Å². The third-order valence-corrected chi connectivity index (χ3v) is 6.69. The van der Waals surface area contributed by atoms with Crippen molar-refractivity contribution in [3.63, 3.8) is 0 Å². The first-order valence-electron chi connectivity index (χ1n) is 10.6. The molecule has 8 nitrogen and oxygen atoms in total. The lowest BCUT2D eigenvalue weighted by atomic mass is 10.1. The van der Waals surface area contributed by atoms with Gasteiger partial charge in [-0.1, -0.05) is 30.3 Å². The van der Waals surface area contributed by atoms with E-state index in [2.05, 4.69) is 15.6 Å². The lowest BCUT2D eigenvalue weighted by Gasteiger charge is -2.17. The molecular weight excluding hydrogens is 469 g/mol. The Labute approximate surface area is 195 Å². The van der Waals surface area contributed by atoms with Gasteiger partial charge in [-0.05, 0) is 25.3 Å². The zero-order valence-electron chi connectivity index (χ0n) is 17.8. The molecule has 3 aromatic heterocycles. The SMILES string of the molecule is Nc1c(C(=O)Nc2c[n+](N3CCCCC3)no2)sc2nc(-c3ccccc3)cc(C(F)(F)F)c12. The maximum Gasteiger partial charge on any atom is 0.417 e. The fraction of sp³-hybridized carbons (Fsp3) is 0.273. The molecule has 1 aromatic carbocycles. The topological polar surface area (TPSA) is 101 Å². The molecule has 1 saturated heterocycles. The van der Waals surface area contributed by atoms with Crippen LogP contribution in [0.5, 0.6) is 0 Å². The van der Waals surface area contributed by atoms with Crippen LogP contribution in [0.15, 0.2) is 47.1 Å². The monoisotopic (exact) mass is 489 g/mol. The van der Waals surface area contributed by atoms with E-state index in [0.29, 0.717) is 5.56 Å². The van der Waals surface area contributed by atoms with Crippen molar-refractivity contribution < 1.29 is 27.3 Å². The minimum absolute atomic E-state index is 0.0253. The Morgan fingerprint density at radius 3 is 2.62 bits per heavy atom. The smallest absolute Gasteiger partial charge is 0.397 e. The first kappa shape index (κ1) is 22.1. The van der Waals surface area contributed by atoms with Gasteiger partial charge in [-0.2, -0.15) is 18.2 Å². The van der Waals surface area contributed by atoms with Gasteiger partial charge in [0.25, 0.3) is 12.1 Å². The molecule has 0 radical (unpaired) electrons. The molecule has 12 heteroatoms. The third kappa shape index (κ3) is 4.16. The highest BCUT2D eigenvalue weighted by Crippen LogP contribution is 2.43. The normalized spacial score (nSPS) is 14.5. The Morgan fingerprint density at radius 1 is 1.18 bits per heavy atom. The Morgan fingerprint density at radius 2 is 1.91 bits per heavy atom. The van der Waals surface area contributed by atoms with E-state index < -0.39 is 17.6 Å². The molecule has 0 spiro atoms. The van der Waals surface area contributed by atoms with E-state index in [9.17, 15) is 18.0 Å². The summed E-state index contributed by atoms with van der Waals surface area (Å²) in [6, 6.07) is 9.48. The highest BCUT2D eigenvalue weighted by Gasteiger charge is 2.36. The molecule has 1 amide bonds. The van der Waals surface area contributed by atoms with Crippen LogP contribution in [0, 0.1) is 0 Å². The predicted molar refractivity (Wildman–Crippen MR) is 121 cm³/mol. The molecule has 34 heavy (non-hydrogen) atoms. The Kier molecular flexibility index (Phi) is 5.60. The fourth-order valence-corrected chi connectivity index (χ4v) is 4.96. The number of nitrogens with one attached hydrogen (secondary N) is 1.